The van der Waals surface area contributed by atoms with Crippen molar-refractivity contribution in [1.29, 1.82) is 0 Å². The van der Waals surface area contributed by atoms with Crippen molar-refractivity contribution in [3.8, 4) is 11.5 Å². The summed E-state index contributed by atoms with van der Waals surface area (Å²) in [6, 6.07) is 17.8. The fourth-order valence-corrected chi connectivity index (χ4v) is 4.06. The molecule has 0 saturated heterocycles. The lowest BCUT2D eigenvalue weighted by molar-refractivity contribution is -0.138. The van der Waals surface area contributed by atoms with E-state index in [9.17, 15) is 24.3 Å². The van der Waals surface area contributed by atoms with Crippen LogP contribution in [0, 0.1) is 6.92 Å². The molecule has 1 atom stereocenters. The summed E-state index contributed by atoms with van der Waals surface area (Å²) in [7, 11) is 4.53. The molecule has 0 heterocycles. The van der Waals surface area contributed by atoms with E-state index in [1.165, 1.54) is 19.1 Å². The summed E-state index contributed by atoms with van der Waals surface area (Å²) < 4.78 is 10.5. The lowest BCUT2D eigenvalue weighted by Gasteiger charge is -2.20. The van der Waals surface area contributed by atoms with Gasteiger partial charge in [-0.3, -0.25) is 14.4 Å². The van der Waals surface area contributed by atoms with E-state index in [0.29, 0.717) is 34.1 Å². The molecule has 216 valence electrons. The van der Waals surface area contributed by atoms with E-state index in [4.69, 9.17) is 9.47 Å². The van der Waals surface area contributed by atoms with Crippen molar-refractivity contribution in [2.24, 2.45) is 0 Å². The number of hydrogen-bond acceptors (Lipinski definition) is 6. The third-order valence-electron chi connectivity index (χ3n) is 6.37. The molecule has 0 aromatic heterocycles. The SMILES string of the molecule is COc1ccc([C@H](CC(=O)O)NC(=O)CCC(=O)N(C)c2ccc(NC(=O)Nc3ccccc3C)cc2)cc1OC. The summed E-state index contributed by atoms with van der Waals surface area (Å²) in [6.45, 7) is 1.90. The second-order valence-corrected chi connectivity index (χ2v) is 9.23. The molecule has 0 aliphatic carbocycles. The first-order valence-corrected chi connectivity index (χ1v) is 12.8. The first-order valence-electron chi connectivity index (χ1n) is 12.8. The van der Waals surface area contributed by atoms with E-state index in [1.54, 1.807) is 55.6 Å². The second kappa shape index (κ2) is 14.4. The number of carboxylic acids is 1. The fraction of sp³-hybridized carbons (Fsp3) is 0.267. The molecule has 0 aliphatic rings. The fourth-order valence-electron chi connectivity index (χ4n) is 4.06. The third-order valence-corrected chi connectivity index (χ3v) is 6.37. The maximum absolute atomic E-state index is 12.8. The van der Waals surface area contributed by atoms with Crippen LogP contribution in [0.3, 0.4) is 0 Å². The molecule has 3 rings (SSSR count). The van der Waals surface area contributed by atoms with E-state index in [-0.39, 0.29) is 25.2 Å². The minimum atomic E-state index is -1.09. The largest absolute Gasteiger partial charge is 0.493 e. The van der Waals surface area contributed by atoms with Gasteiger partial charge in [-0.15, -0.1) is 0 Å². The number of rotatable bonds is 12. The molecular weight excluding hydrogens is 528 g/mol. The highest BCUT2D eigenvalue weighted by Crippen LogP contribution is 2.31. The minimum Gasteiger partial charge on any atom is -0.493 e. The lowest BCUT2D eigenvalue weighted by atomic mass is 10.0. The van der Waals surface area contributed by atoms with Gasteiger partial charge in [0.2, 0.25) is 11.8 Å². The molecular formula is C30H34N4O7. The molecule has 3 aromatic carbocycles. The Morgan fingerprint density at radius 3 is 2.20 bits per heavy atom. The van der Waals surface area contributed by atoms with Crippen LogP contribution in [0.15, 0.2) is 66.7 Å². The number of carbonyl (C=O) groups excluding carboxylic acids is 3. The zero-order valence-electron chi connectivity index (χ0n) is 23.4. The number of para-hydroxylation sites is 1. The van der Waals surface area contributed by atoms with Crippen LogP contribution in [0.25, 0.3) is 0 Å². The van der Waals surface area contributed by atoms with Crippen LogP contribution < -0.4 is 30.3 Å². The molecule has 0 aliphatic heterocycles. The molecule has 0 spiro atoms. The Morgan fingerprint density at radius 2 is 1.56 bits per heavy atom. The monoisotopic (exact) mass is 562 g/mol. The Balaban J connectivity index is 1.55. The van der Waals surface area contributed by atoms with Gasteiger partial charge in [0.25, 0.3) is 0 Å². The highest BCUT2D eigenvalue weighted by Gasteiger charge is 2.21. The number of amides is 4. The number of ether oxygens (including phenoxy) is 2. The maximum Gasteiger partial charge on any atom is 0.323 e. The number of carbonyl (C=O) groups is 4. The average molecular weight is 563 g/mol. The number of anilines is 3. The number of urea groups is 1. The number of aryl methyl sites for hydroxylation is 1. The Hall–Kier alpha value is -5.06. The van der Waals surface area contributed by atoms with Gasteiger partial charge in [0.05, 0.1) is 26.7 Å². The maximum atomic E-state index is 12.8. The van der Waals surface area contributed by atoms with Gasteiger partial charge in [0.15, 0.2) is 11.5 Å². The number of hydrogen-bond donors (Lipinski definition) is 4. The first-order chi connectivity index (χ1) is 19.6. The van der Waals surface area contributed by atoms with Crippen molar-refractivity contribution in [2.45, 2.75) is 32.2 Å². The zero-order chi connectivity index (χ0) is 29.9. The third kappa shape index (κ3) is 8.72. The highest BCUT2D eigenvalue weighted by atomic mass is 16.5. The van der Waals surface area contributed by atoms with Crippen LogP contribution in [-0.2, 0) is 14.4 Å². The molecule has 41 heavy (non-hydrogen) atoms. The van der Waals surface area contributed by atoms with Gasteiger partial charge >= 0.3 is 12.0 Å². The van der Waals surface area contributed by atoms with E-state index < -0.39 is 23.9 Å². The molecule has 4 amide bonds. The van der Waals surface area contributed by atoms with Crippen molar-refractivity contribution in [1.82, 2.24) is 5.32 Å². The van der Waals surface area contributed by atoms with Gasteiger partial charge < -0.3 is 35.4 Å². The van der Waals surface area contributed by atoms with Gasteiger partial charge in [-0.1, -0.05) is 24.3 Å². The molecule has 0 saturated carbocycles. The van der Waals surface area contributed by atoms with Crippen LogP contribution in [0.1, 0.15) is 36.4 Å². The molecule has 3 aromatic rings. The summed E-state index contributed by atoms with van der Waals surface area (Å²) in [5, 5.41) is 17.6. The summed E-state index contributed by atoms with van der Waals surface area (Å²) in [6.07, 6.45) is -0.573. The zero-order valence-corrected chi connectivity index (χ0v) is 23.4. The van der Waals surface area contributed by atoms with Crippen molar-refractivity contribution in [3.63, 3.8) is 0 Å². The number of nitrogens with zero attached hydrogens (tertiary/aromatic N) is 1. The topological polar surface area (TPSA) is 146 Å². The van der Waals surface area contributed by atoms with Crippen LogP contribution in [-0.4, -0.2) is 50.2 Å². The molecule has 0 fully saturated rings. The first kappa shape index (κ1) is 30.5. The summed E-state index contributed by atoms with van der Waals surface area (Å²) in [5.74, 6) is -0.989. The summed E-state index contributed by atoms with van der Waals surface area (Å²) >= 11 is 0. The van der Waals surface area contributed by atoms with E-state index in [0.717, 1.165) is 5.56 Å². The van der Waals surface area contributed by atoms with E-state index in [2.05, 4.69) is 16.0 Å². The molecule has 4 N–H and O–H groups in total. The van der Waals surface area contributed by atoms with Gasteiger partial charge in [0, 0.05) is 37.0 Å². The molecule has 11 nitrogen and oxygen atoms in total. The van der Waals surface area contributed by atoms with Gasteiger partial charge in [-0.25, -0.2) is 4.79 Å². The number of aliphatic carboxylic acids is 1. The Bertz CT molecular complexity index is 1390. The van der Waals surface area contributed by atoms with Crippen molar-refractivity contribution in [2.75, 3.05) is 36.8 Å². The van der Waals surface area contributed by atoms with Crippen molar-refractivity contribution < 1.29 is 33.8 Å². The predicted molar refractivity (Wildman–Crippen MR) is 156 cm³/mol. The Kier molecular flexibility index (Phi) is 10.7. The average Bonchev–Trinajstić information content (AvgIpc) is 2.96. The predicted octanol–water partition coefficient (Wildman–Crippen LogP) is 4.73. The number of methoxy groups -OCH3 is 2. The highest BCUT2D eigenvalue weighted by molar-refractivity contribution is 6.00. The Morgan fingerprint density at radius 1 is 0.878 bits per heavy atom. The van der Waals surface area contributed by atoms with E-state index in [1.807, 2.05) is 25.1 Å². The van der Waals surface area contributed by atoms with Gasteiger partial charge in [-0.2, -0.15) is 0 Å². The van der Waals surface area contributed by atoms with Crippen LogP contribution in [0.2, 0.25) is 0 Å². The number of nitrogens with one attached hydrogen (secondary N) is 3. The minimum absolute atomic E-state index is 0.0904. The van der Waals surface area contributed by atoms with Gasteiger partial charge in [0.1, 0.15) is 0 Å². The van der Waals surface area contributed by atoms with Gasteiger partial charge in [-0.05, 0) is 60.5 Å². The van der Waals surface area contributed by atoms with Crippen LogP contribution in [0.4, 0.5) is 21.9 Å². The summed E-state index contributed by atoms with van der Waals surface area (Å²) in [5.41, 5.74) is 3.29. The molecule has 11 heteroatoms. The standard InChI is InChI=1S/C30H34N4O7/c1-19-7-5-6-8-23(19)33-30(39)31-21-10-12-22(13-11-21)34(2)28(36)16-15-27(35)32-24(18-29(37)38)20-9-14-25(40-3)26(17-20)41-4/h5-14,17,24H,15-16,18H2,1-4H3,(H,32,35)(H,37,38)(H2,31,33,39)/t24-/m0/s1. The smallest absolute Gasteiger partial charge is 0.323 e. The Labute approximate surface area is 238 Å². The van der Waals surface area contributed by atoms with Crippen molar-refractivity contribution in [3.05, 3.63) is 77.9 Å². The second-order valence-electron chi connectivity index (χ2n) is 9.23. The summed E-state index contributed by atoms with van der Waals surface area (Å²) in [4.78, 5) is 50.6. The quantitative estimate of drug-likeness (QED) is 0.250. The molecule has 0 unspecified atom stereocenters. The molecule has 0 bridgehead atoms. The van der Waals surface area contributed by atoms with Crippen LogP contribution >= 0.6 is 0 Å². The van der Waals surface area contributed by atoms with E-state index >= 15 is 0 Å². The molecule has 0 radical (unpaired) electrons. The number of carboxylic acid groups (broad SMARTS) is 1. The van der Waals surface area contributed by atoms with Crippen LogP contribution in [0.5, 0.6) is 11.5 Å². The lowest BCUT2D eigenvalue weighted by Crippen LogP contribution is -2.32. The normalized spacial score (nSPS) is 11.1. The number of benzene rings is 3. The van der Waals surface area contributed by atoms with Crippen molar-refractivity contribution >= 4 is 40.9 Å².